The van der Waals surface area contributed by atoms with Gasteiger partial charge in [0.15, 0.2) is 0 Å². The van der Waals surface area contributed by atoms with E-state index in [4.69, 9.17) is 14.0 Å². The standard InChI is InChI=1S/C16H20FN3O3.C2H6/c1-10(2)11-8-13(17)12(9-14(11)21-3)15-18-16(19-23-15)20-4-6-22-7-5-20;1-2/h8-10H,4-7H2,1-3H3;1-2H3. The fourth-order valence-electron chi connectivity index (χ4n) is 2.58. The summed E-state index contributed by atoms with van der Waals surface area (Å²) in [5, 5.41) is 3.95. The van der Waals surface area contributed by atoms with Crippen molar-refractivity contribution in [2.75, 3.05) is 38.3 Å². The van der Waals surface area contributed by atoms with Crippen molar-refractivity contribution >= 4 is 5.95 Å². The number of hydrogen-bond donors (Lipinski definition) is 0. The first kappa shape index (κ1) is 19.2. The van der Waals surface area contributed by atoms with Crippen LogP contribution in [0.25, 0.3) is 11.5 Å². The van der Waals surface area contributed by atoms with Crippen molar-refractivity contribution in [2.45, 2.75) is 33.6 Å². The lowest BCUT2D eigenvalue weighted by Gasteiger charge is -2.24. The molecule has 6 nitrogen and oxygen atoms in total. The first-order valence-electron chi connectivity index (χ1n) is 8.64. The van der Waals surface area contributed by atoms with Crippen molar-refractivity contribution in [3.8, 4) is 17.2 Å². The van der Waals surface area contributed by atoms with Gasteiger partial charge in [0.1, 0.15) is 11.6 Å². The summed E-state index contributed by atoms with van der Waals surface area (Å²) in [5.41, 5.74) is 1.06. The van der Waals surface area contributed by atoms with Crippen LogP contribution >= 0.6 is 0 Å². The normalized spacial score (nSPS) is 14.3. The quantitative estimate of drug-likeness (QED) is 0.833. The summed E-state index contributed by atoms with van der Waals surface area (Å²) in [5.74, 6) is 0.974. The Kier molecular flexibility index (Phi) is 6.75. The Morgan fingerprint density at radius 1 is 1.20 bits per heavy atom. The van der Waals surface area contributed by atoms with Crippen molar-refractivity contribution in [1.82, 2.24) is 10.1 Å². The molecular formula is C18H26FN3O3. The third kappa shape index (κ3) is 4.28. The Balaban J connectivity index is 0.00000109. The van der Waals surface area contributed by atoms with Crippen molar-refractivity contribution < 1.29 is 18.4 Å². The number of benzene rings is 1. The number of anilines is 1. The van der Waals surface area contributed by atoms with Gasteiger partial charge < -0.3 is 18.9 Å². The van der Waals surface area contributed by atoms with Crippen LogP contribution in [0.15, 0.2) is 16.7 Å². The number of hydrogen-bond acceptors (Lipinski definition) is 6. The van der Waals surface area contributed by atoms with Crippen LogP contribution in [0.2, 0.25) is 0 Å². The lowest BCUT2D eigenvalue weighted by molar-refractivity contribution is 0.121. The summed E-state index contributed by atoms with van der Waals surface area (Å²) in [7, 11) is 1.57. The molecule has 0 amide bonds. The highest BCUT2D eigenvalue weighted by atomic mass is 19.1. The second-order valence-corrected chi connectivity index (χ2v) is 5.73. The molecule has 0 spiro atoms. The van der Waals surface area contributed by atoms with Crippen molar-refractivity contribution in [3.63, 3.8) is 0 Å². The molecule has 25 heavy (non-hydrogen) atoms. The lowest BCUT2D eigenvalue weighted by Crippen LogP contribution is -2.36. The molecule has 1 fully saturated rings. The van der Waals surface area contributed by atoms with Gasteiger partial charge in [0.25, 0.3) is 11.8 Å². The molecule has 3 rings (SSSR count). The summed E-state index contributed by atoms with van der Waals surface area (Å²) in [6, 6.07) is 3.08. The molecule has 138 valence electrons. The van der Waals surface area contributed by atoms with Gasteiger partial charge in [-0.05, 0) is 28.8 Å². The lowest BCUT2D eigenvalue weighted by atomic mass is 9.99. The minimum atomic E-state index is -0.397. The summed E-state index contributed by atoms with van der Waals surface area (Å²) in [6.07, 6.45) is 0. The highest BCUT2D eigenvalue weighted by molar-refractivity contribution is 5.60. The number of nitrogens with zero attached hydrogens (tertiary/aromatic N) is 3. The van der Waals surface area contributed by atoms with Gasteiger partial charge in [-0.2, -0.15) is 4.98 Å². The number of ether oxygens (including phenoxy) is 2. The monoisotopic (exact) mass is 351 g/mol. The minimum Gasteiger partial charge on any atom is -0.496 e. The maximum Gasteiger partial charge on any atom is 0.266 e. The maximum atomic E-state index is 14.4. The fourth-order valence-corrected chi connectivity index (χ4v) is 2.58. The first-order chi connectivity index (χ1) is 12.1. The van der Waals surface area contributed by atoms with Crippen LogP contribution in [0.3, 0.4) is 0 Å². The van der Waals surface area contributed by atoms with E-state index >= 15 is 0 Å². The van der Waals surface area contributed by atoms with Gasteiger partial charge in [-0.1, -0.05) is 27.7 Å². The number of morpholine rings is 1. The average Bonchev–Trinajstić information content (AvgIpc) is 3.13. The van der Waals surface area contributed by atoms with Gasteiger partial charge >= 0.3 is 0 Å². The fraction of sp³-hybridized carbons (Fsp3) is 0.556. The Bertz CT molecular complexity index is 682. The summed E-state index contributed by atoms with van der Waals surface area (Å²) in [4.78, 5) is 6.26. The summed E-state index contributed by atoms with van der Waals surface area (Å²) >= 11 is 0. The van der Waals surface area contributed by atoms with Gasteiger partial charge in [-0.25, -0.2) is 4.39 Å². The van der Waals surface area contributed by atoms with Crippen molar-refractivity contribution in [1.29, 1.82) is 0 Å². The average molecular weight is 351 g/mol. The van der Waals surface area contributed by atoms with Gasteiger partial charge in [-0.3, -0.25) is 0 Å². The second kappa shape index (κ2) is 8.80. The van der Waals surface area contributed by atoms with Crippen LogP contribution in [0.5, 0.6) is 5.75 Å². The molecule has 0 N–H and O–H groups in total. The predicted molar refractivity (Wildman–Crippen MR) is 94.7 cm³/mol. The molecule has 2 heterocycles. The third-order valence-corrected chi connectivity index (χ3v) is 3.88. The van der Waals surface area contributed by atoms with E-state index in [1.807, 2.05) is 32.6 Å². The zero-order valence-electron chi connectivity index (χ0n) is 15.5. The molecule has 2 aromatic rings. The molecule has 0 radical (unpaired) electrons. The van der Waals surface area contributed by atoms with Gasteiger partial charge in [0, 0.05) is 13.1 Å². The summed E-state index contributed by atoms with van der Waals surface area (Å²) in [6.45, 7) is 10.6. The molecule has 0 unspecified atom stereocenters. The molecule has 1 aliphatic rings. The molecule has 0 bridgehead atoms. The van der Waals surface area contributed by atoms with Crippen LogP contribution in [0.1, 0.15) is 39.2 Å². The van der Waals surface area contributed by atoms with Crippen LogP contribution in [0, 0.1) is 5.82 Å². The highest BCUT2D eigenvalue weighted by Gasteiger charge is 2.21. The number of rotatable bonds is 4. The second-order valence-electron chi connectivity index (χ2n) is 5.73. The number of methoxy groups -OCH3 is 1. The minimum absolute atomic E-state index is 0.151. The maximum absolute atomic E-state index is 14.4. The van der Waals surface area contributed by atoms with E-state index in [2.05, 4.69) is 10.1 Å². The van der Waals surface area contributed by atoms with E-state index in [0.29, 0.717) is 38.0 Å². The molecule has 0 aliphatic carbocycles. The topological polar surface area (TPSA) is 60.6 Å². The van der Waals surface area contributed by atoms with E-state index in [1.165, 1.54) is 6.07 Å². The van der Waals surface area contributed by atoms with Gasteiger partial charge in [0.05, 0.1) is 25.9 Å². The van der Waals surface area contributed by atoms with Crippen LogP contribution in [0.4, 0.5) is 10.3 Å². The number of halogens is 1. The number of aromatic nitrogens is 2. The van der Waals surface area contributed by atoms with E-state index in [-0.39, 0.29) is 17.4 Å². The molecule has 0 atom stereocenters. The molecule has 1 saturated heterocycles. The zero-order valence-corrected chi connectivity index (χ0v) is 15.5. The van der Waals surface area contributed by atoms with Gasteiger partial charge in [-0.15, -0.1) is 0 Å². The smallest absolute Gasteiger partial charge is 0.266 e. The van der Waals surface area contributed by atoms with Crippen molar-refractivity contribution in [2.24, 2.45) is 0 Å². The predicted octanol–water partition coefficient (Wildman–Crippen LogP) is 3.87. The van der Waals surface area contributed by atoms with Crippen LogP contribution in [-0.2, 0) is 4.74 Å². The van der Waals surface area contributed by atoms with E-state index in [1.54, 1.807) is 13.2 Å². The van der Waals surface area contributed by atoms with E-state index in [9.17, 15) is 4.39 Å². The molecule has 1 aromatic heterocycles. The molecular weight excluding hydrogens is 325 g/mol. The zero-order chi connectivity index (χ0) is 18.4. The Labute approximate surface area is 147 Å². The Morgan fingerprint density at radius 3 is 2.48 bits per heavy atom. The SMILES string of the molecule is CC.COc1cc(-c2nc(N3CCOCC3)no2)c(F)cc1C(C)C. The first-order valence-corrected chi connectivity index (χ1v) is 8.64. The highest BCUT2D eigenvalue weighted by Crippen LogP contribution is 2.33. The molecule has 0 saturated carbocycles. The Hall–Kier alpha value is -2.15. The third-order valence-electron chi connectivity index (χ3n) is 3.88. The molecule has 1 aliphatic heterocycles. The van der Waals surface area contributed by atoms with Crippen LogP contribution in [-0.4, -0.2) is 43.6 Å². The molecule has 7 heteroatoms. The summed E-state index contributed by atoms with van der Waals surface area (Å²) < 4.78 is 30.3. The van der Waals surface area contributed by atoms with E-state index < -0.39 is 5.82 Å². The van der Waals surface area contributed by atoms with Crippen LogP contribution < -0.4 is 9.64 Å². The van der Waals surface area contributed by atoms with E-state index in [0.717, 1.165) is 5.56 Å². The van der Waals surface area contributed by atoms with Gasteiger partial charge in [0.2, 0.25) is 0 Å². The molecule has 1 aromatic carbocycles. The Morgan fingerprint density at radius 2 is 1.88 bits per heavy atom. The van der Waals surface area contributed by atoms with Crippen molar-refractivity contribution in [3.05, 3.63) is 23.5 Å². The largest absolute Gasteiger partial charge is 0.496 e.